The summed E-state index contributed by atoms with van der Waals surface area (Å²) in [4.78, 5) is 4.40. The molecule has 1 heterocycles. The van der Waals surface area contributed by atoms with Gasteiger partial charge in [0.25, 0.3) is 0 Å². The molecule has 0 saturated heterocycles. The fourth-order valence-electron chi connectivity index (χ4n) is 2.74. The molecule has 1 atom stereocenters. The van der Waals surface area contributed by atoms with E-state index in [4.69, 9.17) is 0 Å². The van der Waals surface area contributed by atoms with Gasteiger partial charge in [-0.2, -0.15) is 18.4 Å². The fraction of sp³-hybridized carbons (Fsp3) is 0.625. The van der Waals surface area contributed by atoms with E-state index in [1.54, 1.807) is 6.07 Å². The summed E-state index contributed by atoms with van der Waals surface area (Å²) in [7, 11) is 0. The predicted octanol–water partition coefficient (Wildman–Crippen LogP) is 4.99. The smallest absolute Gasteiger partial charge is 0.245 e. The highest BCUT2D eigenvalue weighted by atomic mass is 32.2. The van der Waals surface area contributed by atoms with Crippen molar-refractivity contribution < 1.29 is 13.2 Å². The standard InChI is InChI=1S/C16H19F3N2S/c1-3-4-7-22-15-12(9-20)14(16(17,18)19)11-8-10(2)5-6-13(11)21-15/h10H,3-8H2,1-2H3/t10-/m1/s1. The van der Waals surface area contributed by atoms with E-state index in [0.717, 1.165) is 19.3 Å². The number of hydrogen-bond acceptors (Lipinski definition) is 3. The lowest BCUT2D eigenvalue weighted by Crippen LogP contribution is -2.22. The molecular weight excluding hydrogens is 309 g/mol. The number of hydrogen-bond donors (Lipinski definition) is 0. The van der Waals surface area contributed by atoms with E-state index in [9.17, 15) is 18.4 Å². The van der Waals surface area contributed by atoms with Crippen molar-refractivity contribution in [1.29, 1.82) is 5.26 Å². The van der Waals surface area contributed by atoms with Crippen LogP contribution in [0.5, 0.6) is 0 Å². The number of thioether (sulfide) groups is 1. The summed E-state index contributed by atoms with van der Waals surface area (Å²) in [6.45, 7) is 3.97. The van der Waals surface area contributed by atoms with Gasteiger partial charge in [-0.05, 0) is 42.9 Å². The zero-order valence-electron chi connectivity index (χ0n) is 12.8. The lowest BCUT2D eigenvalue weighted by Gasteiger charge is -2.26. The molecule has 0 bridgehead atoms. The quantitative estimate of drug-likeness (QED) is 0.577. The number of unbranched alkanes of at least 4 members (excludes halogenated alkanes) is 1. The van der Waals surface area contributed by atoms with Crippen molar-refractivity contribution in [3.63, 3.8) is 0 Å². The van der Waals surface area contributed by atoms with Crippen LogP contribution in [0.4, 0.5) is 13.2 Å². The lowest BCUT2D eigenvalue weighted by atomic mass is 9.84. The summed E-state index contributed by atoms with van der Waals surface area (Å²) in [5, 5.41) is 9.53. The van der Waals surface area contributed by atoms with Crippen LogP contribution in [0.25, 0.3) is 0 Å². The minimum absolute atomic E-state index is 0.195. The maximum atomic E-state index is 13.5. The summed E-state index contributed by atoms with van der Waals surface area (Å²) >= 11 is 1.27. The van der Waals surface area contributed by atoms with Crippen molar-refractivity contribution in [2.45, 2.75) is 57.2 Å². The van der Waals surface area contributed by atoms with Crippen LogP contribution in [0, 0.1) is 17.2 Å². The van der Waals surface area contributed by atoms with Crippen molar-refractivity contribution >= 4 is 11.8 Å². The molecule has 0 unspecified atom stereocenters. The van der Waals surface area contributed by atoms with E-state index in [-0.39, 0.29) is 22.1 Å². The normalized spacial score (nSPS) is 17.9. The molecule has 1 aliphatic carbocycles. The van der Waals surface area contributed by atoms with Gasteiger partial charge in [0.15, 0.2) is 0 Å². The second-order valence-corrected chi connectivity index (χ2v) is 6.84. The molecule has 1 aromatic heterocycles. The highest BCUT2D eigenvalue weighted by Gasteiger charge is 2.40. The van der Waals surface area contributed by atoms with E-state index < -0.39 is 11.7 Å². The van der Waals surface area contributed by atoms with Gasteiger partial charge in [0.1, 0.15) is 11.1 Å². The molecular formula is C16H19F3N2S. The first-order chi connectivity index (χ1) is 10.4. The topological polar surface area (TPSA) is 36.7 Å². The number of pyridine rings is 1. The Balaban J connectivity index is 2.56. The average Bonchev–Trinajstić information content (AvgIpc) is 2.45. The van der Waals surface area contributed by atoms with Gasteiger partial charge in [0, 0.05) is 5.69 Å². The number of halogens is 3. The van der Waals surface area contributed by atoms with Crippen molar-refractivity contribution in [3.05, 3.63) is 22.4 Å². The van der Waals surface area contributed by atoms with Crippen LogP contribution >= 0.6 is 11.8 Å². The number of fused-ring (bicyclic) bond motifs is 1. The van der Waals surface area contributed by atoms with Crippen LogP contribution in [-0.4, -0.2) is 10.7 Å². The van der Waals surface area contributed by atoms with Crippen molar-refractivity contribution in [1.82, 2.24) is 4.98 Å². The van der Waals surface area contributed by atoms with Crippen LogP contribution in [0.2, 0.25) is 0 Å². The number of nitriles is 1. The third-order valence-corrected chi connectivity index (χ3v) is 4.97. The zero-order chi connectivity index (χ0) is 16.3. The minimum atomic E-state index is -4.50. The molecule has 2 rings (SSSR count). The second-order valence-electron chi connectivity index (χ2n) is 5.75. The third-order valence-electron chi connectivity index (χ3n) is 3.91. The van der Waals surface area contributed by atoms with Gasteiger partial charge in [0.2, 0.25) is 0 Å². The maximum Gasteiger partial charge on any atom is 0.418 e. The van der Waals surface area contributed by atoms with Crippen LogP contribution in [-0.2, 0) is 19.0 Å². The number of rotatable bonds is 4. The molecule has 0 fully saturated rings. The molecule has 120 valence electrons. The molecule has 22 heavy (non-hydrogen) atoms. The largest absolute Gasteiger partial charge is 0.418 e. The van der Waals surface area contributed by atoms with Gasteiger partial charge in [-0.3, -0.25) is 0 Å². The molecule has 0 saturated carbocycles. The molecule has 0 aliphatic heterocycles. The third kappa shape index (κ3) is 3.57. The van der Waals surface area contributed by atoms with E-state index in [1.807, 2.05) is 13.8 Å². The summed E-state index contributed by atoms with van der Waals surface area (Å²) in [6.07, 6.45) is -0.883. The molecule has 1 aromatic rings. The van der Waals surface area contributed by atoms with Crippen LogP contribution in [0.15, 0.2) is 5.03 Å². The molecule has 1 aliphatic rings. The Hall–Kier alpha value is -1.22. The SMILES string of the molecule is CCCCSc1nc2c(c(C(F)(F)F)c1C#N)C[C@H](C)CC2. The van der Waals surface area contributed by atoms with E-state index in [2.05, 4.69) is 4.98 Å². The first kappa shape index (κ1) is 17.1. The Kier molecular flexibility index (Phi) is 5.38. The molecule has 0 radical (unpaired) electrons. The Morgan fingerprint density at radius 1 is 1.41 bits per heavy atom. The van der Waals surface area contributed by atoms with Crippen molar-refractivity contribution in [2.75, 3.05) is 5.75 Å². The van der Waals surface area contributed by atoms with Crippen LogP contribution < -0.4 is 0 Å². The molecule has 0 spiro atoms. The highest BCUT2D eigenvalue weighted by molar-refractivity contribution is 7.99. The van der Waals surface area contributed by atoms with Crippen LogP contribution in [0.3, 0.4) is 0 Å². The summed E-state index contributed by atoms with van der Waals surface area (Å²) in [5.74, 6) is 0.880. The summed E-state index contributed by atoms with van der Waals surface area (Å²) in [5.41, 5.74) is -0.266. The monoisotopic (exact) mass is 328 g/mol. The van der Waals surface area contributed by atoms with Gasteiger partial charge < -0.3 is 0 Å². The molecule has 6 heteroatoms. The van der Waals surface area contributed by atoms with Gasteiger partial charge in [-0.25, -0.2) is 4.98 Å². The Morgan fingerprint density at radius 2 is 2.14 bits per heavy atom. The van der Waals surface area contributed by atoms with Crippen molar-refractivity contribution in [2.24, 2.45) is 5.92 Å². The zero-order valence-corrected chi connectivity index (χ0v) is 13.6. The van der Waals surface area contributed by atoms with E-state index in [1.165, 1.54) is 11.8 Å². The molecule has 0 aromatic carbocycles. The van der Waals surface area contributed by atoms with E-state index >= 15 is 0 Å². The summed E-state index contributed by atoms with van der Waals surface area (Å²) in [6, 6.07) is 1.76. The highest BCUT2D eigenvalue weighted by Crippen LogP contribution is 2.41. The number of nitrogens with zero attached hydrogens (tertiary/aromatic N) is 2. The lowest BCUT2D eigenvalue weighted by molar-refractivity contribution is -0.138. The number of aryl methyl sites for hydroxylation is 1. The average molecular weight is 328 g/mol. The molecule has 2 nitrogen and oxygen atoms in total. The second kappa shape index (κ2) is 6.91. The van der Waals surface area contributed by atoms with Gasteiger partial charge >= 0.3 is 6.18 Å². The van der Waals surface area contributed by atoms with Crippen molar-refractivity contribution in [3.8, 4) is 6.07 Å². The number of aromatic nitrogens is 1. The predicted molar refractivity (Wildman–Crippen MR) is 80.8 cm³/mol. The number of alkyl halides is 3. The Morgan fingerprint density at radius 3 is 2.73 bits per heavy atom. The minimum Gasteiger partial charge on any atom is -0.245 e. The van der Waals surface area contributed by atoms with Gasteiger partial charge in [0.05, 0.1) is 11.1 Å². The maximum absolute atomic E-state index is 13.5. The van der Waals surface area contributed by atoms with E-state index in [0.29, 0.717) is 24.3 Å². The van der Waals surface area contributed by atoms with Gasteiger partial charge in [-0.1, -0.05) is 20.3 Å². The molecule has 0 N–H and O–H groups in total. The Labute approximate surface area is 133 Å². The Bertz CT molecular complexity index is 591. The molecule has 0 amide bonds. The fourth-order valence-corrected chi connectivity index (χ4v) is 3.84. The van der Waals surface area contributed by atoms with Crippen LogP contribution in [0.1, 0.15) is 55.5 Å². The first-order valence-corrected chi connectivity index (χ1v) is 8.52. The van der Waals surface area contributed by atoms with Gasteiger partial charge in [-0.15, -0.1) is 11.8 Å². The first-order valence-electron chi connectivity index (χ1n) is 7.54. The summed E-state index contributed by atoms with van der Waals surface area (Å²) < 4.78 is 40.6.